The molecule has 1 fully saturated rings. The van der Waals surface area contributed by atoms with Crippen molar-refractivity contribution in [3.63, 3.8) is 0 Å². The van der Waals surface area contributed by atoms with Gasteiger partial charge in [-0.2, -0.15) is 0 Å². The van der Waals surface area contributed by atoms with E-state index >= 15 is 0 Å². The highest BCUT2D eigenvalue weighted by molar-refractivity contribution is 7.80. The lowest BCUT2D eigenvalue weighted by molar-refractivity contribution is 0.0693. The molecule has 2 aromatic rings. The molecule has 1 aliphatic heterocycles. The molecule has 9 heteroatoms. The van der Waals surface area contributed by atoms with Crippen LogP contribution in [0.5, 0.6) is 5.75 Å². The topological polar surface area (TPSA) is 92.5 Å². The van der Waals surface area contributed by atoms with Crippen molar-refractivity contribution < 1.29 is 13.9 Å². The summed E-state index contributed by atoms with van der Waals surface area (Å²) >= 11 is 4.34. The Morgan fingerprint density at radius 2 is 1.93 bits per heavy atom. The number of rotatable bonds is 4. The molecule has 1 amide bonds. The molecule has 2 heterocycles. The third-order valence-electron chi connectivity index (χ3n) is 4.08. The predicted molar refractivity (Wildman–Crippen MR) is 106 cm³/mol. The van der Waals surface area contributed by atoms with E-state index in [0.717, 1.165) is 34.9 Å². The predicted octanol–water partition coefficient (Wildman–Crippen LogP) is 1.44. The van der Waals surface area contributed by atoms with Gasteiger partial charge in [-0.1, -0.05) is 0 Å². The van der Waals surface area contributed by atoms with Crippen LogP contribution >= 0.6 is 12.6 Å². The van der Waals surface area contributed by atoms with E-state index in [1.165, 1.54) is 0 Å². The van der Waals surface area contributed by atoms with Gasteiger partial charge in [-0.25, -0.2) is 0 Å². The number of piperazine rings is 1. The molecule has 1 saturated heterocycles. The van der Waals surface area contributed by atoms with E-state index in [0.29, 0.717) is 25.5 Å². The second-order valence-corrected chi connectivity index (χ2v) is 6.63. The number of ether oxygens (including phenoxy) is 1. The molecule has 27 heavy (non-hydrogen) atoms. The Bertz CT molecular complexity index is 736. The molecule has 0 radical (unpaired) electrons. The number of hydrogen-bond acceptors (Lipinski definition) is 8. The highest BCUT2D eigenvalue weighted by Crippen LogP contribution is 2.23. The van der Waals surface area contributed by atoms with Crippen molar-refractivity contribution in [2.45, 2.75) is 25.3 Å². The van der Waals surface area contributed by atoms with Crippen LogP contribution in [0.4, 0.5) is 0 Å². The van der Waals surface area contributed by atoms with Crippen LogP contribution in [0.25, 0.3) is 0 Å². The smallest absolute Gasteiger partial charge is 0.311 e. The van der Waals surface area contributed by atoms with Crippen molar-refractivity contribution in [3.05, 3.63) is 35.0 Å². The number of methoxy groups -OCH3 is 1. The molecular weight excluding hydrogens is 366 g/mol. The second-order valence-electron chi connectivity index (χ2n) is 6.18. The van der Waals surface area contributed by atoms with Gasteiger partial charge >= 0.3 is 11.8 Å². The second kappa shape index (κ2) is 10.3. The zero-order valence-electron chi connectivity index (χ0n) is 16.2. The number of nitrogens with one attached hydrogen (secondary N) is 2. The number of nitrogens with zero attached hydrogens (tertiary/aromatic N) is 3. The van der Waals surface area contributed by atoms with Gasteiger partial charge in [-0.05, 0) is 44.2 Å². The number of aryl methyl sites for hydroxylation is 2. The summed E-state index contributed by atoms with van der Waals surface area (Å²) in [6.07, 6.45) is 0. The maximum atomic E-state index is 11.9. The lowest BCUT2D eigenvalue weighted by Crippen LogP contribution is -2.46. The molecule has 1 aromatic carbocycles. The summed E-state index contributed by atoms with van der Waals surface area (Å²) in [5.41, 5.74) is 2.32. The Kier molecular flexibility index (Phi) is 8.08. The van der Waals surface area contributed by atoms with Gasteiger partial charge in [0.1, 0.15) is 5.75 Å². The molecule has 3 rings (SSSR count). The first-order valence-electron chi connectivity index (χ1n) is 8.77. The molecule has 0 aliphatic carbocycles. The standard InChI is InChI=1S/C9H15N5O2.C9H12OS/c1-10-6-7-12-13-8(16-7)9(15)14-4-2-11-3-5-14;1-6-4-8(10-3)5-7(2)9(6)11/h10-11H,2-6H2,1H3;4-5,11H,1-3H3. The van der Waals surface area contributed by atoms with E-state index in [-0.39, 0.29) is 11.8 Å². The quantitative estimate of drug-likeness (QED) is 0.677. The fourth-order valence-electron chi connectivity index (χ4n) is 2.60. The third-order valence-corrected chi connectivity index (χ3v) is 4.79. The lowest BCUT2D eigenvalue weighted by Gasteiger charge is -2.25. The van der Waals surface area contributed by atoms with E-state index < -0.39 is 0 Å². The Labute approximate surface area is 165 Å². The van der Waals surface area contributed by atoms with Crippen LogP contribution in [-0.2, 0) is 6.54 Å². The van der Waals surface area contributed by atoms with Crippen molar-refractivity contribution in [1.29, 1.82) is 0 Å². The maximum Gasteiger partial charge on any atom is 0.311 e. The van der Waals surface area contributed by atoms with E-state index in [1.54, 1.807) is 19.1 Å². The number of hydrogen-bond donors (Lipinski definition) is 3. The van der Waals surface area contributed by atoms with E-state index in [9.17, 15) is 4.79 Å². The highest BCUT2D eigenvalue weighted by atomic mass is 32.1. The summed E-state index contributed by atoms with van der Waals surface area (Å²) in [4.78, 5) is 14.7. The van der Waals surface area contributed by atoms with Gasteiger partial charge in [0.2, 0.25) is 5.89 Å². The lowest BCUT2D eigenvalue weighted by atomic mass is 10.1. The van der Waals surface area contributed by atoms with Gasteiger partial charge < -0.3 is 24.7 Å². The summed E-state index contributed by atoms with van der Waals surface area (Å²) in [5, 5.41) is 13.6. The van der Waals surface area contributed by atoms with E-state index in [4.69, 9.17) is 9.15 Å². The first-order valence-corrected chi connectivity index (χ1v) is 9.22. The molecule has 0 spiro atoms. The summed E-state index contributed by atoms with van der Waals surface area (Å²) in [7, 11) is 3.45. The molecule has 0 bridgehead atoms. The van der Waals surface area contributed by atoms with E-state index in [1.807, 2.05) is 26.0 Å². The maximum absolute atomic E-state index is 11.9. The van der Waals surface area contributed by atoms with E-state index in [2.05, 4.69) is 33.5 Å². The molecule has 1 aliphatic rings. The van der Waals surface area contributed by atoms with Crippen LogP contribution in [0.2, 0.25) is 0 Å². The van der Waals surface area contributed by atoms with Crippen molar-refractivity contribution in [2.24, 2.45) is 0 Å². The molecular formula is C18H27N5O3S. The molecule has 8 nitrogen and oxygen atoms in total. The Hall–Kier alpha value is -2.10. The Morgan fingerprint density at radius 1 is 1.30 bits per heavy atom. The first-order chi connectivity index (χ1) is 13.0. The number of carbonyl (C=O) groups excluding carboxylic acids is 1. The van der Waals surface area contributed by atoms with Crippen LogP contribution in [0.1, 0.15) is 27.7 Å². The fourth-order valence-corrected chi connectivity index (χ4v) is 2.73. The third kappa shape index (κ3) is 5.95. The normalized spacial score (nSPS) is 13.7. The number of amides is 1. The van der Waals surface area contributed by atoms with Crippen LogP contribution in [-0.4, -0.2) is 61.3 Å². The van der Waals surface area contributed by atoms with Crippen LogP contribution in [0, 0.1) is 13.8 Å². The molecule has 1 aromatic heterocycles. The van der Waals surface area contributed by atoms with Gasteiger partial charge in [0, 0.05) is 31.1 Å². The first kappa shape index (κ1) is 21.2. The zero-order chi connectivity index (χ0) is 19.8. The molecule has 0 atom stereocenters. The SMILES string of the molecule is CNCc1nnc(C(=O)N2CCNCC2)o1.COc1cc(C)c(S)c(C)c1. The van der Waals surface area contributed by atoms with Crippen LogP contribution in [0.15, 0.2) is 21.4 Å². The number of aromatic nitrogens is 2. The minimum atomic E-state index is -0.184. The average Bonchev–Trinajstić information content (AvgIpc) is 3.15. The minimum Gasteiger partial charge on any atom is -0.497 e. The summed E-state index contributed by atoms with van der Waals surface area (Å²) < 4.78 is 10.3. The number of thiol groups is 1. The highest BCUT2D eigenvalue weighted by Gasteiger charge is 2.22. The van der Waals surface area contributed by atoms with Crippen LogP contribution < -0.4 is 15.4 Å². The summed E-state index contributed by atoms with van der Waals surface area (Å²) in [5.74, 6) is 1.22. The summed E-state index contributed by atoms with van der Waals surface area (Å²) in [6, 6.07) is 3.96. The zero-order valence-corrected chi connectivity index (χ0v) is 17.1. The summed E-state index contributed by atoms with van der Waals surface area (Å²) in [6.45, 7) is 7.51. The van der Waals surface area contributed by atoms with Gasteiger partial charge in [-0.3, -0.25) is 4.79 Å². The van der Waals surface area contributed by atoms with Crippen molar-refractivity contribution in [1.82, 2.24) is 25.7 Å². The Morgan fingerprint density at radius 3 is 2.48 bits per heavy atom. The Balaban J connectivity index is 0.000000208. The number of carbonyl (C=O) groups is 1. The van der Waals surface area contributed by atoms with Gasteiger partial charge in [0.05, 0.1) is 13.7 Å². The van der Waals surface area contributed by atoms with Gasteiger partial charge in [-0.15, -0.1) is 22.8 Å². The van der Waals surface area contributed by atoms with Gasteiger partial charge in [0.25, 0.3) is 0 Å². The number of benzene rings is 1. The largest absolute Gasteiger partial charge is 0.497 e. The molecule has 0 unspecified atom stereocenters. The monoisotopic (exact) mass is 393 g/mol. The molecule has 0 saturated carbocycles. The average molecular weight is 394 g/mol. The molecule has 2 N–H and O–H groups in total. The van der Waals surface area contributed by atoms with Crippen molar-refractivity contribution >= 4 is 18.5 Å². The van der Waals surface area contributed by atoms with Crippen LogP contribution in [0.3, 0.4) is 0 Å². The van der Waals surface area contributed by atoms with Crippen molar-refractivity contribution in [3.8, 4) is 5.75 Å². The van der Waals surface area contributed by atoms with Gasteiger partial charge in [0.15, 0.2) is 0 Å². The minimum absolute atomic E-state index is 0.0761. The molecule has 148 valence electrons. The fraction of sp³-hybridized carbons (Fsp3) is 0.500. The van der Waals surface area contributed by atoms with Crippen molar-refractivity contribution in [2.75, 3.05) is 40.3 Å².